The number of nitrogens with zero attached hydrogens (tertiary/aromatic N) is 3. The number of aromatic nitrogens is 3. The van der Waals surface area contributed by atoms with Crippen molar-refractivity contribution >= 4 is 0 Å². The fourth-order valence-electron chi connectivity index (χ4n) is 0.910. The molecule has 0 spiro atoms. The number of halogens is 3. The second kappa shape index (κ2) is 4.41. The van der Waals surface area contributed by atoms with E-state index < -0.39 is 12.6 Å². The van der Waals surface area contributed by atoms with Gasteiger partial charge in [-0.1, -0.05) is 0 Å². The summed E-state index contributed by atoms with van der Waals surface area (Å²) >= 11 is 0. The Morgan fingerprint density at radius 3 is 2.71 bits per heavy atom. The van der Waals surface area contributed by atoms with Gasteiger partial charge < -0.3 is 5.32 Å². The molecule has 1 heterocycles. The lowest BCUT2D eigenvalue weighted by atomic mass is 10.4. The van der Waals surface area contributed by atoms with E-state index in [9.17, 15) is 13.2 Å². The van der Waals surface area contributed by atoms with Crippen LogP contribution in [0.5, 0.6) is 0 Å². The van der Waals surface area contributed by atoms with Crippen LogP contribution in [0.3, 0.4) is 0 Å². The highest BCUT2D eigenvalue weighted by Gasteiger charge is 2.25. The lowest BCUT2D eigenvalue weighted by Gasteiger charge is -2.06. The van der Waals surface area contributed by atoms with E-state index >= 15 is 0 Å². The molecule has 0 aliphatic carbocycles. The molecule has 7 heteroatoms. The van der Waals surface area contributed by atoms with Gasteiger partial charge in [0.2, 0.25) is 0 Å². The standard InChI is InChI=1S/C7H11F3N4/c1-14-6(12-5-13-14)4-11-3-2-7(8,9)10/h5,11H,2-4H2,1H3. The lowest BCUT2D eigenvalue weighted by molar-refractivity contribution is -0.133. The smallest absolute Gasteiger partial charge is 0.310 e. The fraction of sp³-hybridized carbons (Fsp3) is 0.714. The highest BCUT2D eigenvalue weighted by atomic mass is 19.4. The molecule has 0 atom stereocenters. The molecule has 0 unspecified atom stereocenters. The topological polar surface area (TPSA) is 42.7 Å². The molecule has 1 aromatic heterocycles. The average molecular weight is 208 g/mol. The molecule has 1 N–H and O–H groups in total. The SMILES string of the molecule is Cn1ncnc1CNCCC(F)(F)F. The first-order chi connectivity index (χ1) is 6.49. The molecule has 1 rings (SSSR count). The molecule has 0 saturated carbocycles. The zero-order valence-corrected chi connectivity index (χ0v) is 7.67. The van der Waals surface area contributed by atoms with Gasteiger partial charge >= 0.3 is 6.18 Å². The Bertz CT molecular complexity index is 281. The van der Waals surface area contributed by atoms with Crippen LogP contribution < -0.4 is 5.32 Å². The van der Waals surface area contributed by atoms with Crippen LogP contribution in [0.4, 0.5) is 13.2 Å². The highest BCUT2D eigenvalue weighted by Crippen LogP contribution is 2.18. The number of alkyl halides is 3. The zero-order valence-electron chi connectivity index (χ0n) is 7.67. The minimum absolute atomic E-state index is 0.101. The predicted octanol–water partition coefficient (Wildman–Crippen LogP) is 0.857. The number of hydrogen-bond acceptors (Lipinski definition) is 3. The maximum atomic E-state index is 11.7. The van der Waals surface area contributed by atoms with Gasteiger partial charge in [-0.2, -0.15) is 18.3 Å². The van der Waals surface area contributed by atoms with E-state index in [0.29, 0.717) is 12.4 Å². The Labute approximate surface area is 79.1 Å². The van der Waals surface area contributed by atoms with Crippen LogP contribution >= 0.6 is 0 Å². The van der Waals surface area contributed by atoms with E-state index in [2.05, 4.69) is 15.4 Å². The molecule has 0 radical (unpaired) electrons. The van der Waals surface area contributed by atoms with Crippen molar-refractivity contribution in [2.24, 2.45) is 7.05 Å². The van der Waals surface area contributed by atoms with Crippen LogP contribution in [-0.4, -0.2) is 27.5 Å². The van der Waals surface area contributed by atoms with Gasteiger partial charge in [0.15, 0.2) is 0 Å². The Morgan fingerprint density at radius 2 is 2.21 bits per heavy atom. The number of hydrogen-bond donors (Lipinski definition) is 1. The summed E-state index contributed by atoms with van der Waals surface area (Å²) in [6.45, 7) is 0.197. The van der Waals surface area contributed by atoms with Crippen molar-refractivity contribution in [1.82, 2.24) is 20.1 Å². The predicted molar refractivity (Wildman–Crippen MR) is 43.4 cm³/mol. The van der Waals surface area contributed by atoms with Crippen LogP contribution in [0.2, 0.25) is 0 Å². The van der Waals surface area contributed by atoms with Crippen LogP contribution in [-0.2, 0) is 13.6 Å². The van der Waals surface area contributed by atoms with Crippen molar-refractivity contribution in [2.75, 3.05) is 6.54 Å². The third kappa shape index (κ3) is 3.73. The van der Waals surface area contributed by atoms with Crippen LogP contribution in [0.15, 0.2) is 6.33 Å². The van der Waals surface area contributed by atoms with Crippen LogP contribution in [0.1, 0.15) is 12.2 Å². The number of nitrogens with one attached hydrogen (secondary N) is 1. The lowest BCUT2D eigenvalue weighted by Crippen LogP contribution is -2.22. The minimum Gasteiger partial charge on any atom is -0.310 e. The van der Waals surface area contributed by atoms with E-state index in [4.69, 9.17) is 0 Å². The largest absolute Gasteiger partial charge is 0.390 e. The molecule has 0 amide bonds. The summed E-state index contributed by atoms with van der Waals surface area (Å²) < 4.78 is 36.7. The molecule has 0 aliphatic rings. The van der Waals surface area contributed by atoms with Gasteiger partial charge in [-0.05, 0) is 0 Å². The molecule has 14 heavy (non-hydrogen) atoms. The van der Waals surface area contributed by atoms with E-state index in [1.807, 2.05) is 0 Å². The summed E-state index contributed by atoms with van der Waals surface area (Å²) in [6, 6.07) is 0. The van der Waals surface area contributed by atoms with E-state index in [0.717, 1.165) is 0 Å². The van der Waals surface area contributed by atoms with Gasteiger partial charge in [-0.15, -0.1) is 0 Å². The van der Waals surface area contributed by atoms with Gasteiger partial charge in [0.05, 0.1) is 13.0 Å². The van der Waals surface area contributed by atoms with Gasteiger partial charge in [-0.3, -0.25) is 4.68 Å². The first kappa shape index (κ1) is 11.0. The van der Waals surface area contributed by atoms with Crippen molar-refractivity contribution in [1.29, 1.82) is 0 Å². The molecule has 0 bridgehead atoms. The summed E-state index contributed by atoms with van der Waals surface area (Å²) in [5.41, 5.74) is 0. The van der Waals surface area contributed by atoms with E-state index in [-0.39, 0.29) is 6.54 Å². The second-order valence-corrected chi connectivity index (χ2v) is 2.84. The average Bonchev–Trinajstić information content (AvgIpc) is 2.44. The Balaban J connectivity index is 2.20. The molecule has 0 saturated heterocycles. The second-order valence-electron chi connectivity index (χ2n) is 2.84. The quantitative estimate of drug-likeness (QED) is 0.746. The molecule has 1 aromatic rings. The van der Waals surface area contributed by atoms with E-state index in [1.165, 1.54) is 11.0 Å². The van der Waals surface area contributed by atoms with Crippen molar-refractivity contribution in [3.8, 4) is 0 Å². The maximum absolute atomic E-state index is 11.7. The fourth-order valence-corrected chi connectivity index (χ4v) is 0.910. The number of aryl methyl sites for hydroxylation is 1. The summed E-state index contributed by atoms with van der Waals surface area (Å²) in [6.07, 6.45) is -3.57. The molecule has 0 aliphatic heterocycles. The summed E-state index contributed by atoms with van der Waals surface area (Å²) in [5, 5.41) is 6.43. The minimum atomic E-state index is -4.10. The maximum Gasteiger partial charge on any atom is 0.390 e. The van der Waals surface area contributed by atoms with Crippen LogP contribution in [0, 0.1) is 0 Å². The molecule has 0 fully saturated rings. The molecule has 80 valence electrons. The monoisotopic (exact) mass is 208 g/mol. The molecule has 0 aromatic carbocycles. The molecular weight excluding hydrogens is 197 g/mol. The van der Waals surface area contributed by atoms with Crippen LogP contribution in [0.25, 0.3) is 0 Å². The first-order valence-corrected chi connectivity index (χ1v) is 4.09. The number of rotatable bonds is 4. The van der Waals surface area contributed by atoms with E-state index in [1.54, 1.807) is 7.05 Å². The van der Waals surface area contributed by atoms with Gasteiger partial charge in [0, 0.05) is 13.6 Å². The Morgan fingerprint density at radius 1 is 1.50 bits per heavy atom. The van der Waals surface area contributed by atoms with Gasteiger partial charge in [-0.25, -0.2) is 4.98 Å². The first-order valence-electron chi connectivity index (χ1n) is 4.09. The summed E-state index contributed by atoms with van der Waals surface area (Å²) in [7, 11) is 1.69. The Hall–Kier alpha value is -1.11. The Kier molecular flexibility index (Phi) is 3.45. The van der Waals surface area contributed by atoms with Gasteiger partial charge in [0.25, 0.3) is 0 Å². The normalized spacial score (nSPS) is 12.0. The molecule has 4 nitrogen and oxygen atoms in total. The van der Waals surface area contributed by atoms with Crippen molar-refractivity contribution in [3.05, 3.63) is 12.2 Å². The summed E-state index contributed by atoms with van der Waals surface area (Å²) in [4.78, 5) is 3.86. The van der Waals surface area contributed by atoms with Gasteiger partial charge in [0.1, 0.15) is 12.2 Å². The molecular formula is C7H11F3N4. The highest BCUT2D eigenvalue weighted by molar-refractivity contribution is 4.81. The zero-order chi connectivity index (χ0) is 10.6. The van der Waals surface area contributed by atoms with Crippen molar-refractivity contribution in [2.45, 2.75) is 19.1 Å². The third-order valence-electron chi connectivity index (χ3n) is 1.67. The third-order valence-corrected chi connectivity index (χ3v) is 1.67. The summed E-state index contributed by atoms with van der Waals surface area (Å²) in [5.74, 6) is 0.618. The van der Waals surface area contributed by atoms with Crippen molar-refractivity contribution in [3.63, 3.8) is 0 Å². The van der Waals surface area contributed by atoms with Crippen molar-refractivity contribution < 1.29 is 13.2 Å².